The summed E-state index contributed by atoms with van der Waals surface area (Å²) in [4.78, 5) is 28.9. The minimum Gasteiger partial charge on any atom is -0.321 e. The van der Waals surface area contributed by atoms with Gasteiger partial charge in [-0.25, -0.2) is 0 Å². The fourth-order valence-electron chi connectivity index (χ4n) is 2.53. The lowest BCUT2D eigenvalue weighted by atomic mass is 9.91. The number of hydrogen-bond acceptors (Lipinski definition) is 5. The van der Waals surface area contributed by atoms with Crippen LogP contribution in [0.2, 0.25) is 0 Å². The Morgan fingerprint density at radius 2 is 2.12 bits per heavy atom. The molecule has 0 spiro atoms. The molecule has 2 rings (SSSR count). The number of nitrogens with zero attached hydrogens (tertiary/aromatic N) is 4. The summed E-state index contributed by atoms with van der Waals surface area (Å²) < 4.78 is 1.81. The van der Waals surface area contributed by atoms with Crippen molar-refractivity contribution in [2.24, 2.45) is 5.41 Å². The zero-order valence-corrected chi connectivity index (χ0v) is 16.6. The maximum atomic E-state index is 12.6. The molecule has 2 heterocycles. The zero-order valence-electron chi connectivity index (χ0n) is 15.8. The Morgan fingerprint density at radius 1 is 1.40 bits per heavy atom. The van der Waals surface area contributed by atoms with E-state index in [0.29, 0.717) is 23.9 Å². The van der Waals surface area contributed by atoms with Crippen LogP contribution in [0.3, 0.4) is 0 Å². The van der Waals surface area contributed by atoms with Crippen LogP contribution in [0.5, 0.6) is 0 Å². The first kappa shape index (κ1) is 19.8. The van der Waals surface area contributed by atoms with Crippen molar-refractivity contribution in [2.45, 2.75) is 39.8 Å². The smallest absolute Gasteiger partial charge is 0.249 e. The van der Waals surface area contributed by atoms with E-state index in [9.17, 15) is 9.59 Å². The molecule has 0 aliphatic carbocycles. The van der Waals surface area contributed by atoms with Crippen LogP contribution in [-0.4, -0.2) is 69.7 Å². The van der Waals surface area contributed by atoms with Gasteiger partial charge in [0.25, 0.3) is 0 Å². The Kier molecular flexibility index (Phi) is 6.51. The zero-order chi connectivity index (χ0) is 18.6. The number of anilines is 1. The summed E-state index contributed by atoms with van der Waals surface area (Å²) in [7, 11) is 4.01. The number of nitrogens with one attached hydrogen (secondary N) is 1. The second-order valence-corrected chi connectivity index (χ2v) is 8.87. The van der Waals surface area contributed by atoms with E-state index in [0.717, 1.165) is 13.1 Å². The highest BCUT2D eigenvalue weighted by Crippen LogP contribution is 2.27. The third-order valence-corrected chi connectivity index (χ3v) is 4.87. The SMILES string of the molecule is CN(C)CCn1ccc(NC(=O)C2CSCN2C(=O)CC(C)(C)C)n1. The van der Waals surface area contributed by atoms with Crippen LogP contribution in [0.15, 0.2) is 12.3 Å². The molecular formula is C17H29N5O2S. The van der Waals surface area contributed by atoms with Crippen LogP contribution in [0.4, 0.5) is 5.82 Å². The molecule has 1 unspecified atom stereocenters. The molecule has 1 N–H and O–H groups in total. The van der Waals surface area contributed by atoms with Crippen molar-refractivity contribution in [1.29, 1.82) is 0 Å². The molecule has 1 fully saturated rings. The average Bonchev–Trinajstić information content (AvgIpc) is 3.12. The molecular weight excluding hydrogens is 338 g/mol. The van der Waals surface area contributed by atoms with Crippen molar-refractivity contribution in [1.82, 2.24) is 19.6 Å². The minimum absolute atomic E-state index is 0.0363. The number of hydrogen-bond donors (Lipinski definition) is 1. The van der Waals surface area contributed by atoms with Crippen LogP contribution in [0, 0.1) is 5.41 Å². The van der Waals surface area contributed by atoms with Gasteiger partial charge in [0.15, 0.2) is 5.82 Å². The van der Waals surface area contributed by atoms with Crippen molar-refractivity contribution in [3.05, 3.63) is 12.3 Å². The first-order valence-electron chi connectivity index (χ1n) is 8.52. The van der Waals surface area contributed by atoms with Crippen LogP contribution < -0.4 is 5.32 Å². The second-order valence-electron chi connectivity index (χ2n) is 7.87. The highest BCUT2D eigenvalue weighted by atomic mass is 32.2. The van der Waals surface area contributed by atoms with Crippen molar-refractivity contribution < 1.29 is 9.59 Å². The van der Waals surface area contributed by atoms with Gasteiger partial charge < -0.3 is 15.1 Å². The van der Waals surface area contributed by atoms with Gasteiger partial charge in [0.1, 0.15) is 6.04 Å². The van der Waals surface area contributed by atoms with Crippen LogP contribution in [0.25, 0.3) is 0 Å². The second kappa shape index (κ2) is 8.23. The van der Waals surface area contributed by atoms with E-state index in [-0.39, 0.29) is 17.2 Å². The number of amides is 2. The molecule has 0 bridgehead atoms. The molecule has 1 saturated heterocycles. The summed E-state index contributed by atoms with van der Waals surface area (Å²) in [6.45, 7) is 7.73. The van der Waals surface area contributed by atoms with E-state index in [4.69, 9.17) is 0 Å². The number of likely N-dealkylation sites (N-methyl/N-ethyl adjacent to an activating group) is 1. The summed E-state index contributed by atoms with van der Waals surface area (Å²) >= 11 is 1.61. The van der Waals surface area contributed by atoms with Crippen molar-refractivity contribution in [3.63, 3.8) is 0 Å². The van der Waals surface area contributed by atoms with Gasteiger partial charge in [0.05, 0.1) is 12.4 Å². The molecule has 0 aromatic carbocycles. The Hall–Kier alpha value is -1.54. The van der Waals surface area contributed by atoms with Crippen molar-refractivity contribution in [2.75, 3.05) is 37.6 Å². The largest absolute Gasteiger partial charge is 0.321 e. The first-order chi connectivity index (χ1) is 11.7. The van der Waals surface area contributed by atoms with Crippen molar-refractivity contribution in [3.8, 4) is 0 Å². The summed E-state index contributed by atoms with van der Waals surface area (Å²) in [5.74, 6) is 1.61. The molecule has 0 radical (unpaired) electrons. The molecule has 1 aliphatic rings. The van der Waals surface area contributed by atoms with E-state index < -0.39 is 6.04 Å². The molecule has 140 valence electrons. The Bertz CT molecular complexity index is 608. The number of thioether (sulfide) groups is 1. The van der Waals surface area contributed by atoms with Crippen LogP contribution in [0.1, 0.15) is 27.2 Å². The van der Waals surface area contributed by atoms with Gasteiger partial charge in [-0.2, -0.15) is 5.10 Å². The van der Waals surface area contributed by atoms with Gasteiger partial charge in [-0.05, 0) is 19.5 Å². The molecule has 2 amide bonds. The van der Waals surface area contributed by atoms with Gasteiger partial charge in [-0.1, -0.05) is 20.8 Å². The van der Waals surface area contributed by atoms with Gasteiger partial charge in [-0.3, -0.25) is 14.3 Å². The minimum atomic E-state index is -0.424. The maximum absolute atomic E-state index is 12.6. The Balaban J connectivity index is 1.94. The highest BCUT2D eigenvalue weighted by Gasteiger charge is 2.36. The summed E-state index contributed by atoms with van der Waals surface area (Å²) in [5.41, 5.74) is -0.0867. The third-order valence-electron chi connectivity index (χ3n) is 3.86. The van der Waals surface area contributed by atoms with E-state index in [1.807, 2.05) is 45.7 Å². The normalized spacial score (nSPS) is 18.0. The van der Waals surface area contributed by atoms with E-state index >= 15 is 0 Å². The molecule has 1 aliphatic heterocycles. The molecule has 1 aromatic heterocycles. The Labute approximate surface area is 154 Å². The average molecular weight is 368 g/mol. The van der Waals surface area contributed by atoms with Crippen LogP contribution in [-0.2, 0) is 16.1 Å². The summed E-state index contributed by atoms with van der Waals surface area (Å²) in [6, 6.07) is 1.36. The highest BCUT2D eigenvalue weighted by molar-refractivity contribution is 7.99. The fraction of sp³-hybridized carbons (Fsp3) is 0.706. The van der Waals surface area contributed by atoms with E-state index in [1.54, 1.807) is 22.7 Å². The predicted molar refractivity (Wildman–Crippen MR) is 101 cm³/mol. The van der Waals surface area contributed by atoms with E-state index in [1.165, 1.54) is 0 Å². The van der Waals surface area contributed by atoms with Gasteiger partial charge in [0.2, 0.25) is 11.8 Å². The summed E-state index contributed by atoms with van der Waals surface area (Å²) in [5, 5.41) is 7.22. The van der Waals surface area contributed by atoms with Crippen LogP contribution >= 0.6 is 11.8 Å². The van der Waals surface area contributed by atoms with E-state index in [2.05, 4.69) is 15.3 Å². The molecule has 1 aromatic rings. The Morgan fingerprint density at radius 3 is 2.76 bits per heavy atom. The first-order valence-corrected chi connectivity index (χ1v) is 9.67. The summed E-state index contributed by atoms with van der Waals surface area (Å²) in [6.07, 6.45) is 2.29. The fourth-order valence-corrected chi connectivity index (χ4v) is 3.71. The lowest BCUT2D eigenvalue weighted by Gasteiger charge is -2.26. The van der Waals surface area contributed by atoms with Gasteiger partial charge >= 0.3 is 0 Å². The molecule has 1 atom stereocenters. The molecule has 0 saturated carbocycles. The quantitative estimate of drug-likeness (QED) is 0.829. The lowest BCUT2D eigenvalue weighted by Crippen LogP contribution is -2.45. The molecule has 7 nitrogen and oxygen atoms in total. The number of carbonyl (C=O) groups excluding carboxylic acids is 2. The standard InChI is InChI=1S/C17H29N5O2S/c1-17(2,3)10-15(23)22-12-25-11-13(22)16(24)18-14-6-7-21(19-14)9-8-20(4)5/h6-7,13H,8-12H2,1-5H3,(H,18,19,24). The van der Waals surface area contributed by atoms with Gasteiger partial charge in [0, 0.05) is 31.0 Å². The lowest BCUT2D eigenvalue weighted by molar-refractivity contribution is -0.137. The van der Waals surface area contributed by atoms with Gasteiger partial charge in [-0.15, -0.1) is 11.8 Å². The maximum Gasteiger partial charge on any atom is 0.249 e. The number of aromatic nitrogens is 2. The van der Waals surface area contributed by atoms with Crippen molar-refractivity contribution >= 4 is 29.4 Å². The topological polar surface area (TPSA) is 70.5 Å². The number of carbonyl (C=O) groups is 2. The molecule has 25 heavy (non-hydrogen) atoms. The number of rotatable bonds is 6. The third kappa shape index (κ3) is 6.04. The molecule has 8 heteroatoms. The monoisotopic (exact) mass is 367 g/mol. The predicted octanol–water partition coefficient (Wildman–Crippen LogP) is 1.72.